The lowest BCUT2D eigenvalue weighted by Gasteiger charge is -2.18. The molecule has 1 aromatic heterocycles. The van der Waals surface area contributed by atoms with Crippen LogP contribution in [0, 0.1) is 5.41 Å². The van der Waals surface area contributed by atoms with Gasteiger partial charge in [-0.3, -0.25) is 4.98 Å². The minimum atomic E-state index is -0.229. The van der Waals surface area contributed by atoms with E-state index in [0.717, 1.165) is 11.8 Å². The number of nitrogens with zero attached hydrogens (tertiary/aromatic N) is 1. The predicted octanol–water partition coefficient (Wildman–Crippen LogP) is 6.21. The van der Waals surface area contributed by atoms with E-state index in [1.54, 1.807) is 49.7 Å². The number of methoxy groups -OCH3 is 1. The minimum absolute atomic E-state index is 0.173. The molecule has 0 aliphatic rings. The van der Waals surface area contributed by atoms with Crippen LogP contribution < -0.4 is 24.8 Å². The molecule has 0 aliphatic carbocycles. The molecule has 0 fully saturated rings. The summed E-state index contributed by atoms with van der Waals surface area (Å²) in [5.74, 6) is 2.78. The summed E-state index contributed by atoms with van der Waals surface area (Å²) in [6.07, 6.45) is 2.57. The molecule has 0 atom stereocenters. The highest BCUT2D eigenvalue weighted by atomic mass is 35.5. The molecule has 3 rings (SSSR count). The Hall–Kier alpha value is -3.19. The van der Waals surface area contributed by atoms with Crippen LogP contribution in [0.4, 0.5) is 10.5 Å². The molecule has 8 heteroatoms. The lowest BCUT2D eigenvalue weighted by molar-refractivity contribution is 0.250. The maximum absolute atomic E-state index is 12.1. The molecule has 33 heavy (non-hydrogen) atoms. The summed E-state index contributed by atoms with van der Waals surface area (Å²) in [5, 5.41) is 6.49. The number of pyridine rings is 1. The Labute approximate surface area is 199 Å². The quantitative estimate of drug-likeness (QED) is 0.362. The van der Waals surface area contributed by atoms with Crippen molar-refractivity contribution in [3.05, 3.63) is 48.7 Å². The van der Waals surface area contributed by atoms with Crippen molar-refractivity contribution in [2.45, 2.75) is 27.2 Å². The van der Waals surface area contributed by atoms with Gasteiger partial charge in [0.1, 0.15) is 18.1 Å². The highest BCUT2D eigenvalue weighted by Crippen LogP contribution is 2.37. The summed E-state index contributed by atoms with van der Waals surface area (Å²) in [5.41, 5.74) is 1.56. The molecule has 0 bridgehead atoms. The Balaban J connectivity index is 1.69. The van der Waals surface area contributed by atoms with Crippen LogP contribution in [0.3, 0.4) is 0 Å². The number of rotatable bonds is 9. The van der Waals surface area contributed by atoms with E-state index in [0.29, 0.717) is 53.2 Å². The highest BCUT2D eigenvalue weighted by molar-refractivity contribution is 6.18. The Morgan fingerprint density at radius 2 is 1.82 bits per heavy atom. The van der Waals surface area contributed by atoms with E-state index in [1.165, 1.54) is 0 Å². The van der Waals surface area contributed by atoms with Gasteiger partial charge in [0.2, 0.25) is 0 Å². The molecule has 1 heterocycles. The molecule has 0 aliphatic heterocycles. The smallest absolute Gasteiger partial charge is 0.319 e. The number of urea groups is 1. The van der Waals surface area contributed by atoms with Gasteiger partial charge in [0.15, 0.2) is 11.5 Å². The zero-order valence-corrected chi connectivity index (χ0v) is 20.2. The number of hydrogen-bond acceptors (Lipinski definition) is 5. The van der Waals surface area contributed by atoms with Gasteiger partial charge in [-0.25, -0.2) is 4.79 Å². The van der Waals surface area contributed by atoms with E-state index in [-0.39, 0.29) is 11.4 Å². The standard InChI is InChI=1S/C25H30ClN3O4/c1-25(2,3)10-13-28-24(30)29-17-5-7-18(8-6-17)33-21-9-12-27-20-16-23(32-14-11-26)22(31-4)15-19(20)21/h5-9,12,15-16H,10-11,13-14H2,1-4H3,(H2,28,29,30). The number of fused-ring (bicyclic) bond motifs is 1. The second-order valence-electron chi connectivity index (χ2n) is 8.68. The van der Waals surface area contributed by atoms with Gasteiger partial charge in [-0.1, -0.05) is 20.8 Å². The lowest BCUT2D eigenvalue weighted by atomic mass is 9.92. The number of carbonyl (C=O) groups is 1. The fourth-order valence-corrected chi connectivity index (χ4v) is 3.18. The number of ether oxygens (including phenoxy) is 3. The number of amides is 2. The molecule has 7 nitrogen and oxygen atoms in total. The molecule has 0 saturated carbocycles. The van der Waals surface area contributed by atoms with Crippen molar-refractivity contribution in [1.29, 1.82) is 0 Å². The summed E-state index contributed by atoms with van der Waals surface area (Å²) in [6.45, 7) is 7.41. The second-order valence-corrected chi connectivity index (χ2v) is 9.06. The Morgan fingerprint density at radius 1 is 1.06 bits per heavy atom. The maximum atomic E-state index is 12.1. The van der Waals surface area contributed by atoms with Crippen LogP contribution in [0.5, 0.6) is 23.0 Å². The zero-order valence-electron chi connectivity index (χ0n) is 19.4. The van der Waals surface area contributed by atoms with Gasteiger partial charge in [-0.05, 0) is 48.2 Å². The third-order valence-corrected chi connectivity index (χ3v) is 4.98. The molecule has 0 saturated heterocycles. The third kappa shape index (κ3) is 7.15. The molecular weight excluding hydrogens is 442 g/mol. The van der Waals surface area contributed by atoms with E-state index in [2.05, 4.69) is 36.4 Å². The predicted molar refractivity (Wildman–Crippen MR) is 132 cm³/mol. The fourth-order valence-electron chi connectivity index (χ4n) is 3.10. The van der Waals surface area contributed by atoms with Crippen LogP contribution in [0.2, 0.25) is 0 Å². The van der Waals surface area contributed by atoms with Crippen LogP contribution in [0.1, 0.15) is 27.2 Å². The SMILES string of the molecule is COc1cc2c(Oc3ccc(NC(=O)NCCC(C)(C)C)cc3)ccnc2cc1OCCCl. The molecule has 2 amide bonds. The van der Waals surface area contributed by atoms with E-state index in [9.17, 15) is 4.79 Å². The Kier molecular flexibility index (Phi) is 8.22. The third-order valence-electron chi connectivity index (χ3n) is 4.82. The van der Waals surface area contributed by atoms with E-state index in [4.69, 9.17) is 25.8 Å². The van der Waals surface area contributed by atoms with Crippen LogP contribution in [0.15, 0.2) is 48.7 Å². The van der Waals surface area contributed by atoms with Crippen molar-refractivity contribution in [3.8, 4) is 23.0 Å². The summed E-state index contributed by atoms with van der Waals surface area (Å²) in [7, 11) is 1.58. The molecule has 0 radical (unpaired) electrons. The van der Waals surface area contributed by atoms with Gasteiger partial charge in [0.25, 0.3) is 0 Å². The van der Waals surface area contributed by atoms with Gasteiger partial charge < -0.3 is 24.8 Å². The molecule has 176 valence electrons. The average molecular weight is 472 g/mol. The number of benzene rings is 2. The minimum Gasteiger partial charge on any atom is -0.493 e. The van der Waals surface area contributed by atoms with Gasteiger partial charge in [0.05, 0.1) is 18.5 Å². The van der Waals surface area contributed by atoms with Crippen molar-refractivity contribution in [2.24, 2.45) is 5.41 Å². The topological polar surface area (TPSA) is 81.7 Å². The Morgan fingerprint density at radius 3 is 2.48 bits per heavy atom. The molecule has 0 spiro atoms. The van der Waals surface area contributed by atoms with Crippen LogP contribution in [0.25, 0.3) is 10.9 Å². The van der Waals surface area contributed by atoms with Gasteiger partial charge in [0, 0.05) is 29.9 Å². The van der Waals surface area contributed by atoms with Gasteiger partial charge >= 0.3 is 6.03 Å². The summed E-state index contributed by atoms with van der Waals surface area (Å²) < 4.78 is 17.2. The number of anilines is 1. The average Bonchev–Trinajstić information content (AvgIpc) is 2.77. The van der Waals surface area contributed by atoms with E-state index >= 15 is 0 Å². The lowest BCUT2D eigenvalue weighted by Crippen LogP contribution is -2.31. The number of alkyl halides is 1. The fraction of sp³-hybridized carbons (Fsp3) is 0.360. The normalized spacial score (nSPS) is 11.2. The second kappa shape index (κ2) is 11.1. The van der Waals surface area contributed by atoms with Gasteiger partial charge in [-0.2, -0.15) is 0 Å². The van der Waals surface area contributed by atoms with Crippen molar-refractivity contribution in [1.82, 2.24) is 10.3 Å². The molecule has 0 unspecified atom stereocenters. The number of aromatic nitrogens is 1. The summed E-state index contributed by atoms with van der Waals surface area (Å²) >= 11 is 5.73. The molecule has 2 N–H and O–H groups in total. The molecule has 2 aromatic carbocycles. The van der Waals surface area contributed by atoms with Crippen molar-refractivity contribution < 1.29 is 19.0 Å². The number of carbonyl (C=O) groups excluding carboxylic acids is 1. The molecule has 3 aromatic rings. The van der Waals surface area contributed by atoms with Crippen LogP contribution in [-0.4, -0.2) is 37.2 Å². The van der Waals surface area contributed by atoms with Crippen molar-refractivity contribution >= 4 is 34.2 Å². The van der Waals surface area contributed by atoms with Gasteiger partial charge in [-0.15, -0.1) is 11.6 Å². The van der Waals surface area contributed by atoms with Crippen molar-refractivity contribution in [3.63, 3.8) is 0 Å². The largest absolute Gasteiger partial charge is 0.493 e. The van der Waals surface area contributed by atoms with E-state index < -0.39 is 0 Å². The monoisotopic (exact) mass is 471 g/mol. The first-order valence-electron chi connectivity index (χ1n) is 10.8. The van der Waals surface area contributed by atoms with Crippen molar-refractivity contribution in [2.75, 3.05) is 31.5 Å². The Bertz CT molecular complexity index is 1080. The first-order valence-corrected chi connectivity index (χ1v) is 11.3. The van der Waals surface area contributed by atoms with E-state index in [1.807, 2.05) is 6.07 Å². The number of halogens is 1. The summed E-state index contributed by atoms with van der Waals surface area (Å²) in [4.78, 5) is 16.5. The zero-order chi connectivity index (χ0) is 23.8. The maximum Gasteiger partial charge on any atom is 0.319 e. The first kappa shape index (κ1) is 24.5. The first-order chi connectivity index (χ1) is 15.8. The highest BCUT2D eigenvalue weighted by Gasteiger charge is 2.13. The summed E-state index contributed by atoms with van der Waals surface area (Å²) in [6, 6.07) is 12.4. The van der Waals surface area contributed by atoms with Crippen LogP contribution in [-0.2, 0) is 0 Å². The molecular formula is C25H30ClN3O4. The number of nitrogens with one attached hydrogen (secondary N) is 2. The van der Waals surface area contributed by atoms with Crippen LogP contribution >= 0.6 is 11.6 Å². The number of hydrogen-bond donors (Lipinski definition) is 2.